The minimum atomic E-state index is -4.56. The van der Waals surface area contributed by atoms with Crippen LogP contribution in [0.5, 0.6) is 0 Å². The van der Waals surface area contributed by atoms with Gasteiger partial charge in [-0.25, -0.2) is 0 Å². The van der Waals surface area contributed by atoms with Gasteiger partial charge in [-0.1, -0.05) is 74.5 Å². The van der Waals surface area contributed by atoms with E-state index in [1.54, 1.807) is 0 Å². The number of nitrogens with zero attached hydrogens (tertiary/aromatic N) is 1. The molecule has 2 aromatic rings. The zero-order valence-corrected chi connectivity index (χ0v) is 27.1. The minimum absolute atomic E-state index is 0.0470. The molecule has 0 radical (unpaired) electrons. The predicted molar refractivity (Wildman–Crippen MR) is 172 cm³/mol. The highest BCUT2D eigenvalue weighted by Gasteiger charge is 2.74. The third-order valence-electron chi connectivity index (χ3n) is 13.6. The predicted octanol–water partition coefficient (Wildman–Crippen LogP) is 7.65. The average Bonchev–Trinajstić information content (AvgIpc) is 3.29. The van der Waals surface area contributed by atoms with Gasteiger partial charge in [0.25, 0.3) is 0 Å². The summed E-state index contributed by atoms with van der Waals surface area (Å²) in [5.74, 6) is -0.324. The second-order valence-electron chi connectivity index (χ2n) is 15.7. The summed E-state index contributed by atoms with van der Waals surface area (Å²) in [7, 11) is 2.06. The molecule has 2 N–H and O–H groups in total. The normalized spacial score (nSPS) is 39.5. The molecule has 7 heteroatoms. The van der Waals surface area contributed by atoms with Gasteiger partial charge in [0.2, 0.25) is 0 Å². The van der Waals surface area contributed by atoms with Gasteiger partial charge in [-0.2, -0.15) is 13.2 Å². The van der Waals surface area contributed by atoms with E-state index in [2.05, 4.69) is 56.2 Å². The molecule has 0 saturated heterocycles. The first-order valence-corrected chi connectivity index (χ1v) is 17.0. The highest BCUT2D eigenvalue weighted by molar-refractivity contribution is 6.10. The number of hydrogen-bond acceptors (Lipinski definition) is 4. The quantitative estimate of drug-likeness (QED) is 0.243. The number of carbonyl (C=O) groups is 1. The Kier molecular flexibility index (Phi) is 7.36. The van der Waals surface area contributed by atoms with E-state index in [1.165, 1.54) is 17.7 Å². The summed E-state index contributed by atoms with van der Waals surface area (Å²) >= 11 is 0. The molecule has 6 aliphatic rings. The van der Waals surface area contributed by atoms with Crippen LogP contribution in [-0.4, -0.2) is 52.7 Å². The van der Waals surface area contributed by atoms with E-state index >= 15 is 0 Å². The maximum Gasteiger partial charge on any atom is 0.416 e. The van der Waals surface area contributed by atoms with E-state index < -0.39 is 39.7 Å². The van der Waals surface area contributed by atoms with Crippen molar-refractivity contribution in [3.05, 3.63) is 95.1 Å². The summed E-state index contributed by atoms with van der Waals surface area (Å²) in [6.45, 7) is 5.84. The summed E-state index contributed by atoms with van der Waals surface area (Å²) in [6.07, 6.45) is 7.33. The van der Waals surface area contributed by atoms with Gasteiger partial charge in [0.05, 0.1) is 17.3 Å². The molecule has 1 unspecified atom stereocenters. The Balaban J connectivity index is 1.28. The lowest BCUT2D eigenvalue weighted by atomic mass is 9.32. The van der Waals surface area contributed by atoms with Crippen LogP contribution in [0.4, 0.5) is 13.2 Å². The summed E-state index contributed by atoms with van der Waals surface area (Å²) < 4.78 is 41.3. The van der Waals surface area contributed by atoms with Gasteiger partial charge in [0.15, 0.2) is 5.78 Å². The fourth-order valence-electron chi connectivity index (χ4n) is 11.1. The van der Waals surface area contributed by atoms with Gasteiger partial charge in [0.1, 0.15) is 0 Å². The first kappa shape index (κ1) is 31.8. The smallest absolute Gasteiger partial charge is 0.393 e. The van der Waals surface area contributed by atoms with Crippen LogP contribution in [0.3, 0.4) is 0 Å². The van der Waals surface area contributed by atoms with Gasteiger partial charge in [-0.15, -0.1) is 0 Å². The Bertz CT molecular complexity index is 1590. The fraction of sp³-hybridized carbons (Fsp3) is 0.564. The Morgan fingerprint density at radius 1 is 0.935 bits per heavy atom. The van der Waals surface area contributed by atoms with Crippen molar-refractivity contribution < 1.29 is 28.2 Å². The van der Waals surface area contributed by atoms with Crippen LogP contribution in [0.25, 0.3) is 0 Å². The second-order valence-corrected chi connectivity index (χ2v) is 15.7. The van der Waals surface area contributed by atoms with Crippen molar-refractivity contribution in [2.45, 2.75) is 83.1 Å². The minimum Gasteiger partial charge on any atom is -0.393 e. The number of halogens is 3. The number of ketones is 1. The number of fused-ring (bicyclic) bond motifs is 1. The molecule has 3 saturated carbocycles. The van der Waals surface area contributed by atoms with E-state index in [1.807, 2.05) is 18.2 Å². The lowest BCUT2D eigenvalue weighted by Gasteiger charge is -2.71. The van der Waals surface area contributed by atoms with Crippen LogP contribution in [-0.2, 0) is 12.6 Å². The van der Waals surface area contributed by atoms with E-state index in [0.29, 0.717) is 31.4 Å². The van der Waals surface area contributed by atoms with Crippen molar-refractivity contribution >= 4 is 5.78 Å². The molecule has 46 heavy (non-hydrogen) atoms. The van der Waals surface area contributed by atoms with Crippen LogP contribution in [0, 0.1) is 33.5 Å². The lowest BCUT2D eigenvalue weighted by molar-refractivity contribution is -0.175. The van der Waals surface area contributed by atoms with Crippen LogP contribution >= 0.6 is 0 Å². The molecule has 246 valence electrons. The van der Waals surface area contributed by atoms with E-state index in [-0.39, 0.29) is 28.6 Å². The summed E-state index contributed by atoms with van der Waals surface area (Å²) in [5, 5.41) is 23.5. The number of Topliss-reactive ketones (excluding diaryl/α,β-unsaturated/α-hetero) is 1. The number of hydrogen-bond donors (Lipinski definition) is 2. The molecule has 2 spiro atoms. The number of rotatable bonds is 7. The molecule has 4 nitrogen and oxygen atoms in total. The summed E-state index contributed by atoms with van der Waals surface area (Å²) in [6, 6.07) is 15.1. The van der Waals surface area contributed by atoms with Crippen LogP contribution in [0.15, 0.2) is 78.4 Å². The van der Waals surface area contributed by atoms with Crippen molar-refractivity contribution in [3.8, 4) is 0 Å². The molecule has 8 atom stereocenters. The third-order valence-corrected chi connectivity index (χ3v) is 13.6. The van der Waals surface area contributed by atoms with Gasteiger partial charge < -0.3 is 15.1 Å². The first-order chi connectivity index (χ1) is 21.7. The standard InChI is InChI=1S/C39H46F3NO3/c1-34-16-12-29(44)23-36(34)19-20-38(30(24-36)33(45)27-10-7-11-28(22-27)39(40,41)42)31(34)13-17-35(2)32(38)14-18-37(35,46)25-43(3)21-15-26-8-5-4-6-9-26/h4-11,19-20,22,24,29,31-32,44,46H,12-18,21,23,25H2,1-3H3/t29?,31-,32-,34-,35+,36+,37-,38-/m1/s1. The molecule has 3 fully saturated rings. The summed E-state index contributed by atoms with van der Waals surface area (Å²) in [5.41, 5.74) is -1.87. The van der Waals surface area contributed by atoms with Gasteiger partial charge >= 0.3 is 6.18 Å². The van der Waals surface area contributed by atoms with Gasteiger partial charge in [0, 0.05) is 40.5 Å². The number of benzene rings is 2. The zero-order chi connectivity index (χ0) is 32.8. The lowest BCUT2D eigenvalue weighted by Crippen LogP contribution is -2.67. The topological polar surface area (TPSA) is 60.8 Å². The molecule has 2 bridgehead atoms. The molecule has 6 aliphatic carbocycles. The number of carbonyl (C=O) groups excluding carboxylic acids is 1. The Labute approximate surface area is 270 Å². The average molecular weight is 634 g/mol. The highest BCUT2D eigenvalue weighted by Crippen LogP contribution is 2.78. The maximum absolute atomic E-state index is 14.6. The number of alkyl halides is 3. The maximum atomic E-state index is 14.6. The molecular weight excluding hydrogens is 587 g/mol. The second kappa shape index (κ2) is 10.6. The van der Waals surface area contributed by atoms with E-state index in [0.717, 1.165) is 50.8 Å². The Hall–Kier alpha value is -2.74. The molecule has 0 aliphatic heterocycles. The fourth-order valence-corrected chi connectivity index (χ4v) is 11.1. The highest BCUT2D eigenvalue weighted by atomic mass is 19.4. The molecule has 8 rings (SSSR count). The van der Waals surface area contributed by atoms with E-state index in [4.69, 9.17) is 0 Å². The number of aliphatic hydroxyl groups is 2. The molecule has 0 amide bonds. The number of likely N-dealkylation sites (N-methyl/N-ethyl adjacent to an activating group) is 1. The van der Waals surface area contributed by atoms with Crippen molar-refractivity contribution in [2.75, 3.05) is 20.1 Å². The van der Waals surface area contributed by atoms with Crippen LogP contribution in [0.2, 0.25) is 0 Å². The number of allylic oxidation sites excluding steroid dienone is 4. The molecule has 0 aromatic heterocycles. The van der Waals surface area contributed by atoms with Gasteiger partial charge in [-0.05, 0) is 93.4 Å². The van der Waals surface area contributed by atoms with Crippen LogP contribution < -0.4 is 0 Å². The largest absolute Gasteiger partial charge is 0.416 e. The Morgan fingerprint density at radius 2 is 1.63 bits per heavy atom. The zero-order valence-electron chi connectivity index (χ0n) is 27.1. The molecule has 2 aromatic carbocycles. The molecular formula is C39H46F3NO3. The third kappa shape index (κ3) is 4.47. The van der Waals surface area contributed by atoms with Crippen molar-refractivity contribution in [3.63, 3.8) is 0 Å². The number of aliphatic hydroxyl groups excluding tert-OH is 1. The SMILES string of the molecule is CN(CCc1ccccc1)C[C@]1(O)CC[C@H]2[C@]34C=C[C@@]5(C=C3C(=O)c3cccc(C(F)(F)F)c3)CC(O)CC[C@]5(C)[C@H]4CC[C@@]21C. The monoisotopic (exact) mass is 633 g/mol. The van der Waals surface area contributed by atoms with Crippen molar-refractivity contribution in [1.29, 1.82) is 0 Å². The van der Waals surface area contributed by atoms with E-state index in [9.17, 15) is 28.2 Å². The van der Waals surface area contributed by atoms with Crippen LogP contribution in [0.1, 0.15) is 80.3 Å². The van der Waals surface area contributed by atoms with Crippen molar-refractivity contribution in [2.24, 2.45) is 33.5 Å². The van der Waals surface area contributed by atoms with Crippen molar-refractivity contribution in [1.82, 2.24) is 4.90 Å². The first-order valence-electron chi connectivity index (χ1n) is 17.0. The Morgan fingerprint density at radius 3 is 2.37 bits per heavy atom. The molecule has 0 heterocycles. The summed E-state index contributed by atoms with van der Waals surface area (Å²) in [4.78, 5) is 16.8. The van der Waals surface area contributed by atoms with Gasteiger partial charge in [-0.3, -0.25) is 4.79 Å².